The van der Waals surface area contributed by atoms with Crippen LogP contribution in [0.25, 0.3) is 0 Å². The quantitative estimate of drug-likeness (QED) is 0.524. The number of amides is 1. The van der Waals surface area contributed by atoms with Crippen LogP contribution in [0.3, 0.4) is 0 Å². The second-order valence-electron chi connectivity index (χ2n) is 7.67. The van der Waals surface area contributed by atoms with Gasteiger partial charge in [0.25, 0.3) is 0 Å². The molecule has 0 spiro atoms. The molecule has 2 rings (SSSR count). The first-order valence-corrected chi connectivity index (χ1v) is 10.00. The SMILES string of the molecule is C=C1N(c2ccc(OCCCCCCCCCC)cc2)NC(=O)C1(C)C. The fraction of sp³-hybridized carbons (Fsp3) is 0.591. The van der Waals surface area contributed by atoms with Crippen molar-refractivity contribution in [3.05, 3.63) is 36.5 Å². The molecule has 1 aromatic carbocycles. The second kappa shape index (κ2) is 9.65. The summed E-state index contributed by atoms with van der Waals surface area (Å²) in [5.41, 5.74) is 3.95. The van der Waals surface area contributed by atoms with E-state index in [1.54, 1.807) is 5.01 Å². The van der Waals surface area contributed by atoms with Gasteiger partial charge in [0.15, 0.2) is 0 Å². The Morgan fingerprint density at radius 3 is 2.12 bits per heavy atom. The first-order valence-electron chi connectivity index (χ1n) is 10.00. The van der Waals surface area contributed by atoms with Gasteiger partial charge in [0.1, 0.15) is 5.75 Å². The Hall–Kier alpha value is -1.97. The molecule has 0 atom stereocenters. The molecule has 1 aromatic rings. The number of hydrazine groups is 1. The summed E-state index contributed by atoms with van der Waals surface area (Å²) in [6, 6.07) is 7.81. The predicted octanol–water partition coefficient (Wildman–Crippen LogP) is 5.60. The van der Waals surface area contributed by atoms with E-state index in [2.05, 4.69) is 18.9 Å². The molecule has 26 heavy (non-hydrogen) atoms. The topological polar surface area (TPSA) is 41.6 Å². The summed E-state index contributed by atoms with van der Waals surface area (Å²) >= 11 is 0. The lowest BCUT2D eigenvalue weighted by atomic mass is 9.90. The molecule has 1 heterocycles. The molecule has 4 heteroatoms. The Balaban J connectivity index is 1.68. The van der Waals surface area contributed by atoms with E-state index < -0.39 is 5.41 Å². The van der Waals surface area contributed by atoms with Crippen molar-refractivity contribution in [2.45, 2.75) is 72.1 Å². The highest BCUT2D eigenvalue weighted by Crippen LogP contribution is 2.36. The summed E-state index contributed by atoms with van der Waals surface area (Å²) in [7, 11) is 0. The van der Waals surface area contributed by atoms with Gasteiger partial charge >= 0.3 is 0 Å². The summed E-state index contributed by atoms with van der Waals surface area (Å²) in [6.07, 6.45) is 10.4. The monoisotopic (exact) mass is 358 g/mol. The number of nitrogens with one attached hydrogen (secondary N) is 1. The van der Waals surface area contributed by atoms with Gasteiger partial charge in [-0.05, 0) is 44.5 Å². The van der Waals surface area contributed by atoms with Crippen LogP contribution in [0, 0.1) is 5.41 Å². The summed E-state index contributed by atoms with van der Waals surface area (Å²) < 4.78 is 5.83. The van der Waals surface area contributed by atoms with Gasteiger partial charge in [0.05, 0.1) is 17.7 Å². The van der Waals surface area contributed by atoms with E-state index in [0.717, 1.165) is 30.2 Å². The van der Waals surface area contributed by atoms with Crippen LogP contribution in [0.15, 0.2) is 36.5 Å². The van der Waals surface area contributed by atoms with Crippen molar-refractivity contribution in [3.63, 3.8) is 0 Å². The minimum absolute atomic E-state index is 0.0301. The molecular formula is C22H34N2O2. The fourth-order valence-corrected chi connectivity index (χ4v) is 3.06. The Labute approximate surface area is 158 Å². The fourth-order valence-electron chi connectivity index (χ4n) is 3.06. The molecule has 0 bridgehead atoms. The van der Waals surface area contributed by atoms with Gasteiger partial charge in [-0.25, -0.2) is 0 Å². The highest BCUT2D eigenvalue weighted by atomic mass is 16.5. The number of carbonyl (C=O) groups is 1. The van der Waals surface area contributed by atoms with E-state index in [-0.39, 0.29) is 5.91 Å². The van der Waals surface area contributed by atoms with E-state index >= 15 is 0 Å². The maximum Gasteiger partial charge on any atom is 0.250 e. The normalized spacial score (nSPS) is 16.0. The lowest BCUT2D eigenvalue weighted by Gasteiger charge is -2.21. The minimum Gasteiger partial charge on any atom is -0.494 e. The van der Waals surface area contributed by atoms with E-state index in [9.17, 15) is 4.79 Å². The molecule has 144 valence electrons. The number of ether oxygens (including phenoxy) is 1. The average molecular weight is 359 g/mol. The first kappa shape index (κ1) is 20.3. The summed E-state index contributed by atoms with van der Waals surface area (Å²) in [5.74, 6) is 0.838. The van der Waals surface area contributed by atoms with E-state index in [1.807, 2.05) is 38.1 Å². The summed E-state index contributed by atoms with van der Waals surface area (Å²) in [6.45, 7) is 10.8. The number of carbonyl (C=O) groups excluding carboxylic acids is 1. The van der Waals surface area contributed by atoms with Crippen molar-refractivity contribution in [3.8, 4) is 5.75 Å². The predicted molar refractivity (Wildman–Crippen MR) is 108 cm³/mol. The molecule has 0 aliphatic carbocycles. The van der Waals surface area contributed by atoms with Crippen LogP contribution >= 0.6 is 0 Å². The Morgan fingerprint density at radius 1 is 1.00 bits per heavy atom. The maximum absolute atomic E-state index is 12.0. The Bertz CT molecular complexity index is 593. The van der Waals surface area contributed by atoms with Crippen LogP contribution in [0.4, 0.5) is 5.69 Å². The molecule has 1 aliphatic heterocycles. The van der Waals surface area contributed by atoms with Gasteiger partial charge in [-0.2, -0.15) is 0 Å². The molecule has 0 saturated carbocycles. The van der Waals surface area contributed by atoms with Gasteiger partial charge in [0.2, 0.25) is 5.91 Å². The third-order valence-corrected chi connectivity index (χ3v) is 5.13. The zero-order valence-corrected chi connectivity index (χ0v) is 16.6. The molecule has 0 radical (unpaired) electrons. The summed E-state index contributed by atoms with van der Waals surface area (Å²) in [4.78, 5) is 12.0. The molecule has 0 aromatic heterocycles. The molecule has 1 saturated heterocycles. The lowest BCUT2D eigenvalue weighted by molar-refractivity contribution is -0.125. The highest BCUT2D eigenvalue weighted by molar-refractivity contribution is 5.92. The van der Waals surface area contributed by atoms with Gasteiger partial charge in [-0.3, -0.25) is 15.2 Å². The van der Waals surface area contributed by atoms with Crippen molar-refractivity contribution >= 4 is 11.6 Å². The van der Waals surface area contributed by atoms with Crippen molar-refractivity contribution < 1.29 is 9.53 Å². The number of benzene rings is 1. The number of rotatable bonds is 11. The third kappa shape index (κ3) is 5.26. The molecule has 1 aliphatic rings. The van der Waals surface area contributed by atoms with E-state index in [4.69, 9.17) is 4.74 Å². The van der Waals surface area contributed by atoms with Gasteiger partial charge < -0.3 is 4.74 Å². The molecule has 1 amide bonds. The highest BCUT2D eigenvalue weighted by Gasteiger charge is 2.42. The molecule has 1 fully saturated rings. The standard InChI is InChI=1S/C22H34N2O2/c1-5-6-7-8-9-10-11-12-17-26-20-15-13-19(14-16-20)24-18(2)22(3,4)21(25)23-24/h13-16H,2,5-12,17H2,1,3-4H3,(H,23,25). The van der Waals surface area contributed by atoms with E-state index in [0.29, 0.717) is 0 Å². The summed E-state index contributed by atoms with van der Waals surface area (Å²) in [5, 5.41) is 1.75. The molecule has 4 nitrogen and oxygen atoms in total. The zero-order chi connectivity index (χ0) is 19.0. The van der Waals surface area contributed by atoms with Gasteiger partial charge in [-0.1, -0.05) is 58.4 Å². The molecule has 1 N–H and O–H groups in total. The zero-order valence-electron chi connectivity index (χ0n) is 16.6. The van der Waals surface area contributed by atoms with Crippen molar-refractivity contribution in [1.82, 2.24) is 5.43 Å². The number of unbranched alkanes of at least 4 members (excludes halogenated alkanes) is 7. The number of hydrogen-bond acceptors (Lipinski definition) is 3. The van der Waals surface area contributed by atoms with Crippen molar-refractivity contribution in [1.29, 1.82) is 0 Å². The number of hydrogen-bond donors (Lipinski definition) is 1. The van der Waals surface area contributed by atoms with E-state index in [1.165, 1.54) is 44.9 Å². The first-order chi connectivity index (χ1) is 12.5. The van der Waals surface area contributed by atoms with Crippen LogP contribution in [0.5, 0.6) is 5.75 Å². The largest absolute Gasteiger partial charge is 0.494 e. The molecule has 0 unspecified atom stereocenters. The third-order valence-electron chi connectivity index (χ3n) is 5.13. The van der Waals surface area contributed by atoms with Crippen LogP contribution in [-0.2, 0) is 4.79 Å². The number of anilines is 1. The van der Waals surface area contributed by atoms with Gasteiger partial charge in [-0.15, -0.1) is 0 Å². The Morgan fingerprint density at radius 2 is 1.58 bits per heavy atom. The van der Waals surface area contributed by atoms with Crippen molar-refractivity contribution in [2.75, 3.05) is 11.6 Å². The Kier molecular flexibility index (Phi) is 7.55. The molecular weight excluding hydrogens is 324 g/mol. The lowest BCUT2D eigenvalue weighted by Crippen LogP contribution is -2.32. The minimum atomic E-state index is -0.578. The number of nitrogens with zero attached hydrogens (tertiary/aromatic N) is 1. The average Bonchev–Trinajstić information content (AvgIpc) is 2.84. The second-order valence-corrected chi connectivity index (χ2v) is 7.67. The van der Waals surface area contributed by atoms with Crippen LogP contribution in [-0.4, -0.2) is 12.5 Å². The van der Waals surface area contributed by atoms with Crippen LogP contribution in [0.1, 0.15) is 72.1 Å². The van der Waals surface area contributed by atoms with Crippen LogP contribution in [0.2, 0.25) is 0 Å². The van der Waals surface area contributed by atoms with Crippen molar-refractivity contribution in [2.24, 2.45) is 5.41 Å². The van der Waals surface area contributed by atoms with Gasteiger partial charge in [0, 0.05) is 5.70 Å². The van der Waals surface area contributed by atoms with Crippen LogP contribution < -0.4 is 15.2 Å². The maximum atomic E-state index is 12.0. The smallest absolute Gasteiger partial charge is 0.250 e.